The molecule has 0 spiro atoms. The van der Waals surface area contributed by atoms with E-state index in [0.29, 0.717) is 18.5 Å². The number of carbonyl (C=O) groups is 2. The summed E-state index contributed by atoms with van der Waals surface area (Å²) in [5.74, 6) is -4.18. The van der Waals surface area contributed by atoms with Crippen LogP contribution in [0.4, 0.5) is 14.5 Å². The highest BCUT2D eigenvalue weighted by atomic mass is 35.5. The maximum absolute atomic E-state index is 15.8. The van der Waals surface area contributed by atoms with Crippen LogP contribution >= 0.6 is 23.2 Å². The Morgan fingerprint density at radius 1 is 1.10 bits per heavy atom. The van der Waals surface area contributed by atoms with Gasteiger partial charge in [0, 0.05) is 34.7 Å². The molecule has 0 aromatic heterocycles. The van der Waals surface area contributed by atoms with Crippen LogP contribution in [0.5, 0.6) is 0 Å². The number of nitrogens with zero attached hydrogens (tertiary/aromatic N) is 1. The number of carboxylic acid groups (broad SMARTS) is 1. The number of amides is 1. The molecule has 0 bridgehead atoms. The summed E-state index contributed by atoms with van der Waals surface area (Å²) in [5, 5.41) is 25.9. The Balaban J connectivity index is 1.85. The zero-order valence-corrected chi connectivity index (χ0v) is 24.9. The van der Waals surface area contributed by atoms with Gasteiger partial charge in [-0.15, -0.1) is 0 Å². The van der Waals surface area contributed by atoms with Gasteiger partial charge < -0.3 is 15.7 Å². The Morgan fingerprint density at radius 3 is 2.38 bits per heavy atom. The molecule has 3 aromatic carbocycles. The van der Waals surface area contributed by atoms with Gasteiger partial charge in [0.15, 0.2) is 0 Å². The Morgan fingerprint density at radius 2 is 1.79 bits per heavy atom. The quantitative estimate of drug-likeness (QED) is 0.248. The second kappa shape index (κ2) is 12.4. The fraction of sp³-hybridized carbons (Fsp3) is 0.344. The van der Waals surface area contributed by atoms with Crippen molar-refractivity contribution >= 4 is 40.8 Å². The van der Waals surface area contributed by atoms with Crippen LogP contribution < -0.4 is 10.6 Å². The summed E-state index contributed by atoms with van der Waals surface area (Å²) in [7, 11) is 0. The van der Waals surface area contributed by atoms with Gasteiger partial charge in [0.1, 0.15) is 17.0 Å². The van der Waals surface area contributed by atoms with Gasteiger partial charge in [-0.2, -0.15) is 5.26 Å². The minimum Gasteiger partial charge on any atom is -0.481 e. The van der Waals surface area contributed by atoms with Crippen molar-refractivity contribution in [3.63, 3.8) is 0 Å². The summed E-state index contributed by atoms with van der Waals surface area (Å²) in [6.45, 7) is 5.88. The number of hydrogen-bond donors (Lipinski definition) is 3. The van der Waals surface area contributed by atoms with Crippen molar-refractivity contribution in [3.05, 3.63) is 99.0 Å². The van der Waals surface area contributed by atoms with Gasteiger partial charge in [0.2, 0.25) is 5.91 Å². The van der Waals surface area contributed by atoms with Crippen LogP contribution in [0.25, 0.3) is 0 Å². The number of hydrogen-bond acceptors (Lipinski definition) is 4. The zero-order valence-electron chi connectivity index (χ0n) is 23.3. The standard InChI is InChI=1S/C32H31Cl2F2N3O3/c1-31(2,3)16-25-32(17-37,22-13-10-19(33)15-24(22)35)27(21-5-4-6-23(34)28(21)36)29(39-25)30(42)38-20-11-7-18(8-12-20)9-14-26(40)41/h4-8,10-13,15,25,27,29,39H,9,14,16H2,1-3H3,(H,38,42)(H,40,41)/t25-,27-,29+,32-/m0/s1. The molecule has 1 heterocycles. The minimum absolute atomic E-state index is 0.00129. The summed E-state index contributed by atoms with van der Waals surface area (Å²) in [6, 6.07) is 15.4. The molecule has 1 aliphatic heterocycles. The highest BCUT2D eigenvalue weighted by Gasteiger charge is 2.61. The minimum atomic E-state index is -1.73. The molecule has 1 fully saturated rings. The van der Waals surface area contributed by atoms with Crippen molar-refractivity contribution in [1.82, 2.24) is 5.32 Å². The second-order valence-electron chi connectivity index (χ2n) is 11.8. The summed E-state index contributed by atoms with van der Waals surface area (Å²) < 4.78 is 31.5. The summed E-state index contributed by atoms with van der Waals surface area (Å²) >= 11 is 12.2. The highest BCUT2D eigenvalue weighted by Crippen LogP contribution is 2.52. The third kappa shape index (κ3) is 6.44. The maximum atomic E-state index is 15.8. The molecule has 6 nitrogen and oxygen atoms in total. The van der Waals surface area contributed by atoms with Gasteiger partial charge in [-0.05, 0) is 59.7 Å². The van der Waals surface area contributed by atoms with Crippen molar-refractivity contribution in [2.24, 2.45) is 5.41 Å². The Hall–Kier alpha value is -3.51. The topological polar surface area (TPSA) is 102 Å². The Bertz CT molecular complexity index is 1540. The van der Waals surface area contributed by atoms with Crippen LogP contribution in [0.3, 0.4) is 0 Å². The molecule has 0 radical (unpaired) electrons. The largest absolute Gasteiger partial charge is 0.481 e. The van der Waals surface area contributed by atoms with E-state index >= 15 is 8.78 Å². The fourth-order valence-corrected chi connectivity index (χ4v) is 6.12. The smallest absolute Gasteiger partial charge is 0.303 e. The van der Waals surface area contributed by atoms with Crippen LogP contribution in [0.1, 0.15) is 56.2 Å². The number of aryl methyl sites for hydroxylation is 1. The SMILES string of the molecule is CC(C)(C)C[C@@H]1N[C@@H](C(=O)Nc2ccc(CCC(=O)O)cc2)[C@H](c2cccc(Cl)c2F)[C@@]1(C#N)c1ccc(Cl)cc1F. The molecule has 1 aliphatic rings. The second-order valence-corrected chi connectivity index (χ2v) is 12.6. The molecule has 3 aromatic rings. The molecular formula is C32H31Cl2F2N3O3. The van der Waals surface area contributed by atoms with Gasteiger partial charge in [-0.25, -0.2) is 8.78 Å². The third-order valence-corrected chi connectivity index (χ3v) is 8.11. The van der Waals surface area contributed by atoms with E-state index in [-0.39, 0.29) is 33.0 Å². The fourth-order valence-electron chi connectivity index (χ4n) is 5.78. The monoisotopic (exact) mass is 613 g/mol. The molecule has 4 atom stereocenters. The lowest BCUT2D eigenvalue weighted by atomic mass is 9.62. The molecule has 3 N–H and O–H groups in total. The molecule has 0 saturated carbocycles. The lowest BCUT2D eigenvalue weighted by molar-refractivity contribution is -0.137. The summed E-state index contributed by atoms with van der Waals surface area (Å²) in [5.41, 5.74) is -0.885. The molecular weight excluding hydrogens is 583 g/mol. The van der Waals surface area contributed by atoms with E-state index in [1.165, 1.54) is 30.3 Å². The van der Waals surface area contributed by atoms with Gasteiger partial charge in [-0.3, -0.25) is 9.59 Å². The van der Waals surface area contributed by atoms with Crippen molar-refractivity contribution in [3.8, 4) is 6.07 Å². The number of nitrogens with one attached hydrogen (secondary N) is 2. The predicted molar refractivity (Wildman–Crippen MR) is 159 cm³/mol. The molecule has 1 saturated heterocycles. The van der Waals surface area contributed by atoms with Crippen LogP contribution in [0.15, 0.2) is 60.7 Å². The number of carboxylic acids is 1. The first-order valence-corrected chi connectivity index (χ1v) is 14.2. The molecule has 4 rings (SSSR count). The Labute approximate surface area is 253 Å². The number of rotatable bonds is 8. The maximum Gasteiger partial charge on any atom is 0.303 e. The van der Waals surface area contributed by atoms with Crippen molar-refractivity contribution in [2.75, 3.05) is 5.32 Å². The molecule has 10 heteroatoms. The Kier molecular flexibility index (Phi) is 9.27. The van der Waals surface area contributed by atoms with E-state index < -0.39 is 46.9 Å². The van der Waals surface area contributed by atoms with E-state index in [4.69, 9.17) is 28.3 Å². The van der Waals surface area contributed by atoms with Gasteiger partial charge in [0.05, 0.1) is 17.1 Å². The van der Waals surface area contributed by atoms with Gasteiger partial charge >= 0.3 is 5.97 Å². The lowest BCUT2D eigenvalue weighted by Crippen LogP contribution is -2.45. The normalized spacial score (nSPS) is 22.0. The first-order chi connectivity index (χ1) is 19.8. The average Bonchev–Trinajstić information content (AvgIpc) is 3.22. The molecule has 0 unspecified atom stereocenters. The average molecular weight is 615 g/mol. The summed E-state index contributed by atoms with van der Waals surface area (Å²) in [6.07, 6.45) is 0.649. The van der Waals surface area contributed by atoms with Gasteiger partial charge in [0.25, 0.3) is 0 Å². The van der Waals surface area contributed by atoms with E-state index in [0.717, 1.165) is 11.6 Å². The molecule has 1 amide bonds. The van der Waals surface area contributed by atoms with Crippen molar-refractivity contribution in [1.29, 1.82) is 5.26 Å². The van der Waals surface area contributed by atoms with Gasteiger partial charge in [-0.1, -0.05) is 74.3 Å². The molecule has 42 heavy (non-hydrogen) atoms. The number of carbonyl (C=O) groups excluding carboxylic acids is 1. The molecule has 0 aliphatic carbocycles. The third-order valence-electron chi connectivity index (χ3n) is 7.58. The first-order valence-electron chi connectivity index (χ1n) is 13.4. The van der Waals surface area contributed by atoms with E-state index in [2.05, 4.69) is 16.7 Å². The van der Waals surface area contributed by atoms with E-state index in [9.17, 15) is 14.9 Å². The van der Waals surface area contributed by atoms with E-state index in [1.807, 2.05) is 20.8 Å². The predicted octanol–water partition coefficient (Wildman–Crippen LogP) is 7.25. The van der Waals surface area contributed by atoms with Crippen LogP contribution in [-0.2, 0) is 21.4 Å². The lowest BCUT2D eigenvalue weighted by Gasteiger charge is -2.37. The van der Waals surface area contributed by atoms with Crippen LogP contribution in [-0.4, -0.2) is 29.1 Å². The van der Waals surface area contributed by atoms with Crippen LogP contribution in [0, 0.1) is 28.4 Å². The number of halogens is 4. The molecule has 220 valence electrons. The van der Waals surface area contributed by atoms with Crippen molar-refractivity contribution in [2.45, 2.75) is 63.5 Å². The number of benzene rings is 3. The summed E-state index contributed by atoms with van der Waals surface area (Å²) in [4.78, 5) is 24.9. The first kappa shape index (κ1) is 31.4. The van der Waals surface area contributed by atoms with Crippen molar-refractivity contribution < 1.29 is 23.5 Å². The number of aliphatic carboxylic acids is 1. The van der Waals surface area contributed by atoms with Crippen LogP contribution in [0.2, 0.25) is 10.0 Å². The highest BCUT2D eigenvalue weighted by molar-refractivity contribution is 6.31. The zero-order chi connectivity index (χ0) is 30.8. The number of nitriles is 1. The number of anilines is 1. The van der Waals surface area contributed by atoms with E-state index in [1.54, 1.807) is 24.3 Å².